The maximum atomic E-state index is 12.0. The monoisotopic (exact) mass is 313 g/mol. The van der Waals surface area contributed by atoms with Crippen LogP contribution in [-0.2, 0) is 16.0 Å². The fourth-order valence-electron chi connectivity index (χ4n) is 1.72. The predicted octanol–water partition coefficient (Wildman–Crippen LogP) is 3.20. The number of carboxylic acid groups (broad SMARTS) is 1. The number of hydrogen-bond acceptors (Lipinski definition) is 3. The molecule has 5 nitrogen and oxygen atoms in total. The van der Waals surface area contributed by atoms with Gasteiger partial charge < -0.3 is 9.84 Å². The first kappa shape index (κ1) is 17.3. The highest BCUT2D eigenvalue weighted by Crippen LogP contribution is 2.19. The van der Waals surface area contributed by atoms with Crippen LogP contribution in [0.1, 0.15) is 26.3 Å². The molecule has 0 spiro atoms. The van der Waals surface area contributed by atoms with E-state index in [9.17, 15) is 14.7 Å². The number of amides is 1. The molecule has 0 aliphatic heterocycles. The van der Waals surface area contributed by atoms with Gasteiger partial charge in [0.1, 0.15) is 11.6 Å². The molecule has 0 saturated heterocycles. The zero-order valence-electron chi connectivity index (χ0n) is 12.6. The highest BCUT2D eigenvalue weighted by Gasteiger charge is 2.30. The quantitative estimate of drug-likeness (QED) is 0.927. The maximum absolute atomic E-state index is 12.0. The number of nitrogens with zero attached hydrogens (tertiary/aromatic N) is 1. The lowest BCUT2D eigenvalue weighted by molar-refractivity contribution is -0.142. The van der Waals surface area contributed by atoms with Gasteiger partial charge in [0.15, 0.2) is 0 Å². The van der Waals surface area contributed by atoms with E-state index < -0.39 is 23.7 Å². The summed E-state index contributed by atoms with van der Waals surface area (Å²) in [5, 5.41) is 9.82. The minimum Gasteiger partial charge on any atom is -0.480 e. The summed E-state index contributed by atoms with van der Waals surface area (Å²) in [5.74, 6) is -1.11. The Hall–Kier alpha value is -1.75. The highest BCUT2D eigenvalue weighted by atomic mass is 35.5. The van der Waals surface area contributed by atoms with Crippen molar-refractivity contribution in [2.75, 3.05) is 7.05 Å². The third-order valence-corrected chi connectivity index (χ3v) is 3.17. The van der Waals surface area contributed by atoms with Crippen LogP contribution in [0.2, 0.25) is 5.02 Å². The number of ether oxygens (including phenoxy) is 1. The van der Waals surface area contributed by atoms with Gasteiger partial charge in [-0.3, -0.25) is 4.90 Å². The van der Waals surface area contributed by atoms with E-state index in [4.69, 9.17) is 16.3 Å². The molecule has 0 bridgehead atoms. The molecule has 0 aliphatic carbocycles. The van der Waals surface area contributed by atoms with E-state index in [0.717, 1.165) is 4.90 Å². The van der Waals surface area contributed by atoms with Gasteiger partial charge in [0.25, 0.3) is 0 Å². The average Bonchev–Trinajstić information content (AvgIpc) is 2.34. The maximum Gasteiger partial charge on any atom is 0.410 e. The lowest BCUT2D eigenvalue weighted by Crippen LogP contribution is -2.46. The summed E-state index contributed by atoms with van der Waals surface area (Å²) in [6.45, 7) is 5.17. The Labute approximate surface area is 129 Å². The summed E-state index contributed by atoms with van der Waals surface area (Å²) in [6, 6.07) is 5.91. The number of rotatable bonds is 4. The number of carbonyl (C=O) groups is 2. The van der Waals surface area contributed by atoms with Crippen molar-refractivity contribution in [2.45, 2.75) is 38.8 Å². The van der Waals surface area contributed by atoms with Crippen molar-refractivity contribution < 1.29 is 19.4 Å². The molecule has 1 amide bonds. The van der Waals surface area contributed by atoms with Crippen molar-refractivity contribution in [3.63, 3.8) is 0 Å². The molecule has 1 aromatic carbocycles. The molecule has 21 heavy (non-hydrogen) atoms. The smallest absolute Gasteiger partial charge is 0.410 e. The van der Waals surface area contributed by atoms with E-state index in [2.05, 4.69) is 0 Å². The predicted molar refractivity (Wildman–Crippen MR) is 80.6 cm³/mol. The van der Waals surface area contributed by atoms with Crippen molar-refractivity contribution in [3.8, 4) is 0 Å². The summed E-state index contributed by atoms with van der Waals surface area (Å²) in [7, 11) is 1.41. The molecule has 0 heterocycles. The Balaban J connectivity index is 2.90. The zero-order chi connectivity index (χ0) is 16.2. The number of carboxylic acids is 1. The molecule has 1 atom stereocenters. The van der Waals surface area contributed by atoms with Crippen molar-refractivity contribution in [1.82, 2.24) is 4.90 Å². The lowest BCUT2D eigenvalue weighted by atomic mass is 10.1. The molecule has 0 saturated carbocycles. The fraction of sp³-hybridized carbons (Fsp3) is 0.467. The summed E-state index contributed by atoms with van der Waals surface area (Å²) < 4.78 is 5.19. The van der Waals surface area contributed by atoms with Gasteiger partial charge in [-0.05, 0) is 32.4 Å². The molecule has 0 unspecified atom stereocenters. The van der Waals surface area contributed by atoms with E-state index in [-0.39, 0.29) is 6.42 Å². The Morgan fingerprint density at radius 3 is 2.38 bits per heavy atom. The van der Waals surface area contributed by atoms with Crippen LogP contribution in [0.3, 0.4) is 0 Å². The zero-order valence-corrected chi connectivity index (χ0v) is 13.3. The largest absolute Gasteiger partial charge is 0.480 e. The van der Waals surface area contributed by atoms with E-state index in [1.165, 1.54) is 7.05 Å². The van der Waals surface area contributed by atoms with Gasteiger partial charge in [-0.1, -0.05) is 29.8 Å². The first-order valence-corrected chi connectivity index (χ1v) is 6.91. The second-order valence-electron chi connectivity index (χ2n) is 5.74. The van der Waals surface area contributed by atoms with Crippen molar-refractivity contribution >= 4 is 23.7 Å². The van der Waals surface area contributed by atoms with Crippen LogP contribution in [-0.4, -0.2) is 40.8 Å². The van der Waals surface area contributed by atoms with Crippen LogP contribution in [0.15, 0.2) is 24.3 Å². The molecular formula is C15H20ClNO4. The molecular weight excluding hydrogens is 294 g/mol. The Kier molecular flexibility index (Phi) is 5.61. The Morgan fingerprint density at radius 1 is 1.33 bits per heavy atom. The molecule has 0 aliphatic rings. The first-order valence-electron chi connectivity index (χ1n) is 6.54. The minimum atomic E-state index is -1.11. The Bertz CT molecular complexity index is 525. The number of hydrogen-bond donors (Lipinski definition) is 1. The molecule has 0 aromatic heterocycles. The third-order valence-electron chi connectivity index (χ3n) is 2.81. The molecule has 0 fully saturated rings. The van der Waals surface area contributed by atoms with Gasteiger partial charge in [0, 0.05) is 18.5 Å². The Morgan fingerprint density at radius 2 is 1.90 bits per heavy atom. The summed E-state index contributed by atoms with van der Waals surface area (Å²) in [5.41, 5.74) is -0.0133. The van der Waals surface area contributed by atoms with Gasteiger partial charge in [-0.2, -0.15) is 0 Å². The number of likely N-dealkylation sites (N-methyl/N-ethyl adjacent to an activating group) is 1. The molecule has 0 radical (unpaired) electrons. The topological polar surface area (TPSA) is 66.8 Å². The number of benzene rings is 1. The molecule has 6 heteroatoms. The van der Waals surface area contributed by atoms with Crippen LogP contribution in [0.4, 0.5) is 4.79 Å². The number of aliphatic carboxylic acids is 1. The van der Waals surface area contributed by atoms with E-state index in [1.54, 1.807) is 45.0 Å². The van der Waals surface area contributed by atoms with Gasteiger partial charge in [-0.25, -0.2) is 9.59 Å². The molecule has 116 valence electrons. The molecule has 1 rings (SSSR count). The van der Waals surface area contributed by atoms with Crippen LogP contribution in [0.25, 0.3) is 0 Å². The van der Waals surface area contributed by atoms with Crippen LogP contribution < -0.4 is 0 Å². The second kappa shape index (κ2) is 6.80. The number of carbonyl (C=O) groups excluding carboxylic acids is 1. The third kappa shape index (κ3) is 5.27. The lowest BCUT2D eigenvalue weighted by Gasteiger charge is -2.28. The van der Waals surface area contributed by atoms with Gasteiger partial charge in [0.05, 0.1) is 0 Å². The molecule has 1 aromatic rings. The van der Waals surface area contributed by atoms with Crippen LogP contribution in [0, 0.1) is 0 Å². The summed E-state index contributed by atoms with van der Waals surface area (Å²) in [4.78, 5) is 24.5. The second-order valence-corrected chi connectivity index (χ2v) is 6.15. The normalized spacial score (nSPS) is 12.6. The average molecular weight is 314 g/mol. The van der Waals surface area contributed by atoms with Gasteiger partial charge in [0.2, 0.25) is 0 Å². The molecule has 1 N–H and O–H groups in total. The van der Waals surface area contributed by atoms with E-state index in [1.807, 2.05) is 0 Å². The SMILES string of the molecule is CN(C(=O)OC(C)(C)C)[C@@H](Cc1ccccc1Cl)C(=O)O. The summed E-state index contributed by atoms with van der Waals surface area (Å²) in [6.07, 6.45) is -0.563. The van der Waals surface area contributed by atoms with E-state index in [0.29, 0.717) is 10.6 Å². The minimum absolute atomic E-state index is 0.116. The standard InChI is InChI=1S/C15H20ClNO4/c1-15(2,3)21-14(20)17(4)12(13(18)19)9-10-7-5-6-8-11(10)16/h5-8,12H,9H2,1-4H3,(H,18,19)/t12-/m0/s1. The first-order chi connectivity index (χ1) is 9.61. The number of halogens is 1. The summed E-state index contributed by atoms with van der Waals surface area (Å²) >= 11 is 6.04. The van der Waals surface area contributed by atoms with Crippen molar-refractivity contribution in [2.24, 2.45) is 0 Å². The van der Waals surface area contributed by atoms with Crippen LogP contribution >= 0.6 is 11.6 Å². The van der Waals surface area contributed by atoms with Crippen molar-refractivity contribution in [1.29, 1.82) is 0 Å². The highest BCUT2D eigenvalue weighted by molar-refractivity contribution is 6.31. The fourth-order valence-corrected chi connectivity index (χ4v) is 1.94. The van der Waals surface area contributed by atoms with Crippen molar-refractivity contribution in [3.05, 3.63) is 34.9 Å². The van der Waals surface area contributed by atoms with Crippen LogP contribution in [0.5, 0.6) is 0 Å². The van der Waals surface area contributed by atoms with Gasteiger partial charge in [-0.15, -0.1) is 0 Å². The van der Waals surface area contributed by atoms with E-state index >= 15 is 0 Å². The van der Waals surface area contributed by atoms with Gasteiger partial charge >= 0.3 is 12.1 Å².